The van der Waals surface area contributed by atoms with Gasteiger partial charge in [0.1, 0.15) is 24.2 Å². The SMILES string of the molecule is NC(=O)CC(NC(=O)CN(CCN(CC(=O)NC(CC(N)=O)C(=O)O)CC(=O)NC(CC(N)=O)C(=O)O)CC(=O)NC(CC(N)=O)C(=O)O)C(=O)O. The van der Waals surface area contributed by atoms with Gasteiger partial charge in [0, 0.05) is 13.1 Å². The quantitative estimate of drug-likeness (QED) is 0.0371. The van der Waals surface area contributed by atoms with Crippen LogP contribution in [0.2, 0.25) is 0 Å². The van der Waals surface area contributed by atoms with Gasteiger partial charge >= 0.3 is 23.9 Å². The molecule has 0 radical (unpaired) electrons. The van der Waals surface area contributed by atoms with Crippen LogP contribution in [-0.4, -0.2) is 165 Å². The van der Waals surface area contributed by atoms with Gasteiger partial charge in [-0.3, -0.25) is 48.2 Å². The molecule has 0 aromatic carbocycles. The number of hydrogen-bond donors (Lipinski definition) is 12. The first kappa shape index (κ1) is 45.6. The minimum absolute atomic E-state index is 0.518. The standard InChI is InChI=1S/C26H40N10O16/c27-15(37)3-11(23(45)46)31-19(41)7-35(8-20(42)32-12(24(47)48)4-16(28)38)1-2-36(9-21(43)33-13(25(49)50)5-17(29)39)10-22(44)34-14(26(51)52)6-18(30)40/h11-14H,1-10H2,(H2,27,37)(H2,28,38)(H2,29,39)(H2,30,40)(H,31,41)(H,32,42)(H,33,43)(H,34,44)(H,45,46)(H,47,48)(H,49,50)(H,51,52). The van der Waals surface area contributed by atoms with Crippen molar-refractivity contribution in [2.45, 2.75) is 49.9 Å². The first-order valence-corrected chi connectivity index (χ1v) is 14.7. The highest BCUT2D eigenvalue weighted by molar-refractivity contribution is 5.92. The van der Waals surface area contributed by atoms with Crippen molar-refractivity contribution < 1.29 is 78.0 Å². The van der Waals surface area contributed by atoms with Gasteiger partial charge in [0.25, 0.3) is 0 Å². The fourth-order valence-corrected chi connectivity index (χ4v) is 4.09. The molecule has 0 bridgehead atoms. The van der Waals surface area contributed by atoms with Crippen molar-refractivity contribution in [3.8, 4) is 0 Å². The minimum atomic E-state index is -1.82. The highest BCUT2D eigenvalue weighted by Crippen LogP contribution is 2.01. The van der Waals surface area contributed by atoms with Gasteiger partial charge in [-0.2, -0.15) is 0 Å². The molecule has 8 amide bonds. The van der Waals surface area contributed by atoms with E-state index in [9.17, 15) is 78.0 Å². The number of nitrogens with zero attached hydrogens (tertiary/aromatic N) is 2. The molecule has 0 rings (SSSR count). The van der Waals surface area contributed by atoms with Gasteiger partial charge in [-0.15, -0.1) is 0 Å². The molecular weight excluding hydrogens is 708 g/mol. The number of hydrogen-bond acceptors (Lipinski definition) is 14. The van der Waals surface area contributed by atoms with E-state index in [1.807, 2.05) is 21.3 Å². The van der Waals surface area contributed by atoms with E-state index in [4.69, 9.17) is 22.9 Å². The van der Waals surface area contributed by atoms with E-state index >= 15 is 0 Å². The number of nitrogens with one attached hydrogen (secondary N) is 4. The molecule has 0 saturated carbocycles. The van der Waals surface area contributed by atoms with Gasteiger partial charge in [0.05, 0.1) is 51.9 Å². The number of carboxylic acid groups (broad SMARTS) is 4. The Morgan fingerprint density at radius 2 is 0.558 bits per heavy atom. The zero-order chi connectivity index (χ0) is 40.3. The molecule has 0 aliphatic carbocycles. The number of amides is 8. The van der Waals surface area contributed by atoms with E-state index in [1.165, 1.54) is 0 Å². The maximum Gasteiger partial charge on any atom is 0.326 e. The Balaban J connectivity index is 6.39. The molecule has 4 atom stereocenters. The summed E-state index contributed by atoms with van der Waals surface area (Å²) in [6, 6.07) is -7.27. The summed E-state index contributed by atoms with van der Waals surface area (Å²) in [5.41, 5.74) is 20.0. The molecule has 26 heteroatoms. The van der Waals surface area contributed by atoms with Crippen molar-refractivity contribution in [1.29, 1.82) is 0 Å². The molecular formula is C26H40N10O16. The summed E-state index contributed by atoms with van der Waals surface area (Å²) in [4.78, 5) is 144. The average molecular weight is 749 g/mol. The Morgan fingerprint density at radius 3 is 0.692 bits per heavy atom. The molecule has 16 N–H and O–H groups in total. The normalized spacial score (nSPS) is 13.0. The number of carbonyl (C=O) groups excluding carboxylic acids is 8. The predicted molar refractivity (Wildman–Crippen MR) is 166 cm³/mol. The molecule has 290 valence electrons. The first-order chi connectivity index (χ1) is 24.0. The topological polar surface area (TPSA) is 444 Å². The van der Waals surface area contributed by atoms with Gasteiger partial charge in [-0.25, -0.2) is 19.2 Å². The second-order valence-electron chi connectivity index (χ2n) is 10.9. The highest BCUT2D eigenvalue weighted by atomic mass is 16.4. The smallest absolute Gasteiger partial charge is 0.326 e. The van der Waals surface area contributed by atoms with Crippen molar-refractivity contribution in [3.05, 3.63) is 0 Å². The maximum atomic E-state index is 12.8. The highest BCUT2D eigenvalue weighted by Gasteiger charge is 2.29. The second-order valence-corrected chi connectivity index (χ2v) is 10.9. The summed E-state index contributed by atoms with van der Waals surface area (Å²) in [5.74, 6) is -15.6. The van der Waals surface area contributed by atoms with Crippen LogP contribution in [0.25, 0.3) is 0 Å². The van der Waals surface area contributed by atoms with Crippen molar-refractivity contribution in [3.63, 3.8) is 0 Å². The molecule has 0 aromatic heterocycles. The van der Waals surface area contributed by atoms with Crippen LogP contribution in [-0.2, 0) is 57.5 Å². The van der Waals surface area contributed by atoms with Crippen molar-refractivity contribution in [1.82, 2.24) is 31.1 Å². The predicted octanol–water partition coefficient (Wildman–Crippen LogP) is -8.63. The third kappa shape index (κ3) is 20.2. The minimum Gasteiger partial charge on any atom is -0.480 e. The van der Waals surface area contributed by atoms with Gasteiger partial charge in [0.15, 0.2) is 0 Å². The van der Waals surface area contributed by atoms with E-state index in [2.05, 4.69) is 0 Å². The molecule has 4 unspecified atom stereocenters. The van der Waals surface area contributed by atoms with Crippen LogP contribution >= 0.6 is 0 Å². The maximum absolute atomic E-state index is 12.8. The van der Waals surface area contributed by atoms with Crippen LogP contribution in [0.5, 0.6) is 0 Å². The van der Waals surface area contributed by atoms with E-state index in [0.717, 1.165) is 9.80 Å². The molecule has 52 heavy (non-hydrogen) atoms. The van der Waals surface area contributed by atoms with Crippen LogP contribution in [0, 0.1) is 0 Å². The van der Waals surface area contributed by atoms with Crippen LogP contribution in [0.15, 0.2) is 0 Å². The number of carboxylic acids is 4. The number of primary amides is 4. The monoisotopic (exact) mass is 748 g/mol. The Labute approximate surface area is 292 Å². The van der Waals surface area contributed by atoms with E-state index < -0.39 is 160 Å². The van der Waals surface area contributed by atoms with Crippen LogP contribution in [0.3, 0.4) is 0 Å². The van der Waals surface area contributed by atoms with Gasteiger partial charge < -0.3 is 64.6 Å². The summed E-state index contributed by atoms with van der Waals surface area (Å²) < 4.78 is 0. The lowest BCUT2D eigenvalue weighted by Crippen LogP contribution is -2.53. The van der Waals surface area contributed by atoms with Crippen LogP contribution in [0.4, 0.5) is 0 Å². The Kier molecular flexibility index (Phi) is 19.5. The fourth-order valence-electron chi connectivity index (χ4n) is 4.09. The third-order valence-electron chi connectivity index (χ3n) is 6.36. The Morgan fingerprint density at radius 1 is 0.385 bits per heavy atom. The van der Waals surface area contributed by atoms with Crippen molar-refractivity contribution in [2.75, 3.05) is 39.3 Å². The third-order valence-corrected chi connectivity index (χ3v) is 6.36. The molecule has 0 saturated heterocycles. The lowest BCUT2D eigenvalue weighted by Gasteiger charge is -2.28. The van der Waals surface area contributed by atoms with Gasteiger partial charge in [-0.1, -0.05) is 0 Å². The second kappa shape index (κ2) is 22.3. The number of rotatable bonds is 27. The summed E-state index contributed by atoms with van der Waals surface area (Å²) in [7, 11) is 0. The first-order valence-electron chi connectivity index (χ1n) is 14.7. The lowest BCUT2D eigenvalue weighted by molar-refractivity contribution is -0.144. The van der Waals surface area contributed by atoms with E-state index in [0.29, 0.717) is 0 Å². The average Bonchev–Trinajstić information content (AvgIpc) is 2.97. The summed E-state index contributed by atoms with van der Waals surface area (Å²) >= 11 is 0. The Bertz CT molecular complexity index is 1220. The molecule has 0 spiro atoms. The number of aliphatic carboxylic acids is 4. The lowest BCUT2D eigenvalue weighted by atomic mass is 10.2. The Hall–Kier alpha value is -6.44. The molecule has 26 nitrogen and oxygen atoms in total. The summed E-state index contributed by atoms with van der Waals surface area (Å²) in [6.07, 6.45) is -3.36. The van der Waals surface area contributed by atoms with Gasteiger partial charge in [0.2, 0.25) is 47.3 Å². The summed E-state index contributed by atoms with van der Waals surface area (Å²) in [5, 5.41) is 45.2. The van der Waals surface area contributed by atoms with Crippen molar-refractivity contribution >= 4 is 71.1 Å². The number of carbonyl (C=O) groups is 12. The van der Waals surface area contributed by atoms with Crippen LogP contribution < -0.4 is 44.2 Å². The molecule has 0 aromatic rings. The van der Waals surface area contributed by atoms with Crippen LogP contribution in [0.1, 0.15) is 25.7 Å². The fraction of sp³-hybridized carbons (Fsp3) is 0.538. The largest absolute Gasteiger partial charge is 0.480 e. The van der Waals surface area contributed by atoms with Crippen molar-refractivity contribution in [2.24, 2.45) is 22.9 Å². The zero-order valence-corrected chi connectivity index (χ0v) is 27.3. The van der Waals surface area contributed by atoms with Gasteiger partial charge in [-0.05, 0) is 0 Å². The molecule has 0 aliphatic heterocycles. The molecule has 0 aliphatic rings. The zero-order valence-electron chi connectivity index (χ0n) is 27.3. The summed E-state index contributed by atoms with van der Waals surface area (Å²) in [6.45, 7) is -4.50. The van der Waals surface area contributed by atoms with E-state index in [-0.39, 0.29) is 0 Å². The molecule has 0 heterocycles. The molecule has 0 fully saturated rings. The van der Waals surface area contributed by atoms with E-state index in [1.54, 1.807) is 0 Å². The number of nitrogens with two attached hydrogens (primary N) is 4.